The molecule has 1 aliphatic heterocycles. The summed E-state index contributed by atoms with van der Waals surface area (Å²) in [6.45, 7) is 7.31. The van der Waals surface area contributed by atoms with Crippen molar-refractivity contribution in [2.24, 2.45) is 0 Å². The van der Waals surface area contributed by atoms with Gasteiger partial charge in [-0.1, -0.05) is 0 Å². The third-order valence-electron chi connectivity index (χ3n) is 4.11. The molecule has 5 heteroatoms. The van der Waals surface area contributed by atoms with Crippen molar-refractivity contribution in [3.8, 4) is 0 Å². The van der Waals surface area contributed by atoms with Gasteiger partial charge in [0, 0.05) is 36.7 Å². The average Bonchev–Trinajstić information content (AvgIpc) is 2.81. The zero-order valence-electron chi connectivity index (χ0n) is 12.6. The lowest BCUT2D eigenvalue weighted by Gasteiger charge is -2.31. The number of nitrogens with zero attached hydrogens (tertiary/aromatic N) is 4. The number of aryl methyl sites for hydroxylation is 2. The summed E-state index contributed by atoms with van der Waals surface area (Å²) in [5.74, 6) is 0.819. The summed E-state index contributed by atoms with van der Waals surface area (Å²) < 4.78 is 2.09. The van der Waals surface area contributed by atoms with Gasteiger partial charge in [-0.05, 0) is 46.3 Å². The molecule has 1 atom stereocenters. The fraction of sp³-hybridized carbons (Fsp3) is 0.600. The van der Waals surface area contributed by atoms with Crippen LogP contribution in [0.15, 0.2) is 12.3 Å². The highest BCUT2D eigenvalue weighted by Gasteiger charge is 2.19. The van der Waals surface area contributed by atoms with Crippen LogP contribution in [0.3, 0.4) is 0 Å². The normalized spacial score (nSPS) is 20.6. The first-order chi connectivity index (χ1) is 9.65. The molecular formula is C15H23N5. The number of nitrogens with one attached hydrogen (secondary N) is 1. The van der Waals surface area contributed by atoms with Crippen molar-refractivity contribution < 1.29 is 0 Å². The monoisotopic (exact) mass is 273 g/mol. The molecule has 0 aliphatic carbocycles. The molecule has 5 nitrogen and oxygen atoms in total. The zero-order valence-corrected chi connectivity index (χ0v) is 12.6. The minimum atomic E-state index is 0.614. The van der Waals surface area contributed by atoms with Crippen molar-refractivity contribution in [3.63, 3.8) is 0 Å². The quantitative estimate of drug-likeness (QED) is 0.921. The van der Waals surface area contributed by atoms with Crippen LogP contribution in [0.2, 0.25) is 0 Å². The maximum absolute atomic E-state index is 4.67. The van der Waals surface area contributed by atoms with E-state index in [0.717, 1.165) is 36.8 Å². The molecule has 108 valence electrons. The number of hydrogen-bond donors (Lipinski definition) is 1. The SMILES string of the molecule is CNC1CCCN(Cc2cn3c(C)cc(C)nc3n2)C1. The van der Waals surface area contributed by atoms with Gasteiger partial charge in [0.05, 0.1) is 5.69 Å². The average molecular weight is 273 g/mol. The highest BCUT2D eigenvalue weighted by atomic mass is 15.2. The summed E-state index contributed by atoms with van der Waals surface area (Å²) in [7, 11) is 2.05. The molecule has 0 radical (unpaired) electrons. The Morgan fingerprint density at radius 3 is 3.00 bits per heavy atom. The van der Waals surface area contributed by atoms with E-state index in [4.69, 9.17) is 0 Å². The van der Waals surface area contributed by atoms with Crippen molar-refractivity contribution in [1.82, 2.24) is 24.6 Å². The summed E-state index contributed by atoms with van der Waals surface area (Å²) in [5, 5.41) is 3.38. The van der Waals surface area contributed by atoms with E-state index in [-0.39, 0.29) is 0 Å². The molecule has 1 aliphatic rings. The number of likely N-dealkylation sites (tertiary alicyclic amines) is 1. The first-order valence-corrected chi connectivity index (χ1v) is 7.37. The van der Waals surface area contributed by atoms with Gasteiger partial charge in [0.2, 0.25) is 5.78 Å². The third kappa shape index (κ3) is 2.69. The predicted octanol–water partition coefficient (Wildman–Crippen LogP) is 1.53. The lowest BCUT2D eigenvalue weighted by molar-refractivity contribution is 0.186. The molecular weight excluding hydrogens is 250 g/mol. The lowest BCUT2D eigenvalue weighted by atomic mass is 10.1. The van der Waals surface area contributed by atoms with Gasteiger partial charge in [0.25, 0.3) is 0 Å². The molecule has 2 aromatic rings. The Bertz CT molecular complexity index is 604. The summed E-state index contributed by atoms with van der Waals surface area (Å²) >= 11 is 0. The van der Waals surface area contributed by atoms with E-state index in [9.17, 15) is 0 Å². The number of imidazole rings is 1. The molecule has 0 bridgehead atoms. The predicted molar refractivity (Wildman–Crippen MR) is 79.8 cm³/mol. The fourth-order valence-electron chi connectivity index (χ4n) is 3.06. The van der Waals surface area contributed by atoms with Crippen molar-refractivity contribution in [3.05, 3.63) is 29.3 Å². The van der Waals surface area contributed by atoms with E-state index in [1.165, 1.54) is 18.5 Å². The van der Waals surface area contributed by atoms with Crippen molar-refractivity contribution in [1.29, 1.82) is 0 Å². The lowest BCUT2D eigenvalue weighted by Crippen LogP contribution is -2.43. The van der Waals surface area contributed by atoms with Gasteiger partial charge in [-0.25, -0.2) is 9.97 Å². The Morgan fingerprint density at radius 1 is 1.35 bits per heavy atom. The first-order valence-electron chi connectivity index (χ1n) is 7.37. The van der Waals surface area contributed by atoms with Crippen molar-refractivity contribution in [2.45, 2.75) is 39.3 Å². The van der Waals surface area contributed by atoms with Crippen LogP contribution in [0.4, 0.5) is 0 Å². The van der Waals surface area contributed by atoms with E-state index in [1.54, 1.807) is 0 Å². The van der Waals surface area contributed by atoms with E-state index >= 15 is 0 Å². The standard InChI is InChI=1S/C15H23N5/c1-11-7-12(2)20-10-14(18-15(20)17-11)9-19-6-4-5-13(8-19)16-3/h7,10,13,16H,4-6,8-9H2,1-3H3. The van der Waals surface area contributed by atoms with E-state index in [1.807, 2.05) is 6.92 Å². The van der Waals surface area contributed by atoms with E-state index in [2.05, 4.69) is 50.8 Å². The van der Waals surface area contributed by atoms with Crippen LogP contribution in [0.1, 0.15) is 29.9 Å². The van der Waals surface area contributed by atoms with Crippen LogP contribution in [-0.4, -0.2) is 45.4 Å². The Hall–Kier alpha value is -1.46. The van der Waals surface area contributed by atoms with Crippen molar-refractivity contribution >= 4 is 5.78 Å². The Labute approximate surface area is 120 Å². The van der Waals surface area contributed by atoms with Gasteiger partial charge >= 0.3 is 0 Å². The molecule has 3 heterocycles. The highest BCUT2D eigenvalue weighted by molar-refractivity contribution is 5.34. The van der Waals surface area contributed by atoms with Crippen molar-refractivity contribution in [2.75, 3.05) is 20.1 Å². The zero-order chi connectivity index (χ0) is 14.1. The Balaban J connectivity index is 1.79. The maximum atomic E-state index is 4.67. The molecule has 1 fully saturated rings. The minimum Gasteiger partial charge on any atom is -0.316 e. The molecule has 3 rings (SSSR count). The third-order valence-corrected chi connectivity index (χ3v) is 4.11. The van der Waals surface area contributed by atoms with Gasteiger partial charge in [0.15, 0.2) is 0 Å². The number of rotatable bonds is 3. The molecule has 2 aromatic heterocycles. The van der Waals surface area contributed by atoms with Gasteiger partial charge < -0.3 is 5.32 Å². The molecule has 0 aromatic carbocycles. The smallest absolute Gasteiger partial charge is 0.234 e. The van der Waals surface area contributed by atoms with Crippen LogP contribution in [0.25, 0.3) is 5.78 Å². The van der Waals surface area contributed by atoms with Crippen LogP contribution in [0, 0.1) is 13.8 Å². The summed E-state index contributed by atoms with van der Waals surface area (Å²) in [6.07, 6.45) is 4.66. The van der Waals surface area contributed by atoms with Gasteiger partial charge in [-0.15, -0.1) is 0 Å². The topological polar surface area (TPSA) is 45.5 Å². The second-order valence-electron chi connectivity index (χ2n) is 5.80. The summed E-state index contributed by atoms with van der Waals surface area (Å²) in [5.41, 5.74) is 3.33. The summed E-state index contributed by atoms with van der Waals surface area (Å²) in [4.78, 5) is 11.7. The molecule has 1 saturated heterocycles. The number of hydrogen-bond acceptors (Lipinski definition) is 4. The van der Waals surface area contributed by atoms with Crippen LogP contribution < -0.4 is 5.32 Å². The van der Waals surface area contributed by atoms with Gasteiger partial charge in [-0.3, -0.25) is 9.30 Å². The van der Waals surface area contributed by atoms with Gasteiger partial charge in [-0.2, -0.15) is 0 Å². The molecule has 0 amide bonds. The number of likely N-dealkylation sites (N-methyl/N-ethyl adjacent to an activating group) is 1. The summed E-state index contributed by atoms with van der Waals surface area (Å²) in [6, 6.07) is 2.71. The van der Waals surface area contributed by atoms with E-state index in [0.29, 0.717) is 6.04 Å². The van der Waals surface area contributed by atoms with Crippen LogP contribution in [0.5, 0.6) is 0 Å². The largest absolute Gasteiger partial charge is 0.316 e. The second-order valence-corrected chi connectivity index (χ2v) is 5.80. The van der Waals surface area contributed by atoms with Crippen LogP contribution in [-0.2, 0) is 6.54 Å². The number of piperidine rings is 1. The molecule has 0 saturated carbocycles. The second kappa shape index (κ2) is 5.50. The number of aromatic nitrogens is 3. The van der Waals surface area contributed by atoms with E-state index < -0.39 is 0 Å². The Kier molecular flexibility index (Phi) is 3.72. The minimum absolute atomic E-state index is 0.614. The highest BCUT2D eigenvalue weighted by Crippen LogP contribution is 2.14. The fourth-order valence-corrected chi connectivity index (χ4v) is 3.06. The van der Waals surface area contributed by atoms with Gasteiger partial charge in [0.1, 0.15) is 0 Å². The first kappa shape index (κ1) is 13.5. The van der Waals surface area contributed by atoms with Crippen LogP contribution >= 0.6 is 0 Å². The maximum Gasteiger partial charge on any atom is 0.234 e. The number of fused-ring (bicyclic) bond motifs is 1. The Morgan fingerprint density at radius 2 is 2.20 bits per heavy atom. The molecule has 20 heavy (non-hydrogen) atoms. The molecule has 1 unspecified atom stereocenters. The molecule has 1 N–H and O–H groups in total. The molecule has 0 spiro atoms.